The lowest BCUT2D eigenvalue weighted by atomic mass is 10.1. The van der Waals surface area contributed by atoms with Crippen molar-refractivity contribution >= 4 is 33.0 Å². The van der Waals surface area contributed by atoms with Crippen LogP contribution < -0.4 is 10.0 Å². The molecule has 2 heterocycles. The summed E-state index contributed by atoms with van der Waals surface area (Å²) in [5.41, 5.74) is 3.41. The van der Waals surface area contributed by atoms with Crippen LogP contribution in [0.15, 0.2) is 89.0 Å². The van der Waals surface area contributed by atoms with E-state index < -0.39 is 10.0 Å². The van der Waals surface area contributed by atoms with E-state index >= 15 is 0 Å². The fourth-order valence-electron chi connectivity index (χ4n) is 3.19. The van der Waals surface area contributed by atoms with Gasteiger partial charge in [0, 0.05) is 31.2 Å². The summed E-state index contributed by atoms with van der Waals surface area (Å²) >= 11 is 1.16. The van der Waals surface area contributed by atoms with Gasteiger partial charge in [-0.25, -0.2) is 13.4 Å². The average Bonchev–Trinajstić information content (AvgIpc) is 3.49. The molecule has 0 saturated carbocycles. The molecular formula is C23H22N4O3S2. The maximum Gasteiger partial charge on any atom is 0.271 e. The van der Waals surface area contributed by atoms with Crippen LogP contribution in [0.1, 0.15) is 16.7 Å². The summed E-state index contributed by atoms with van der Waals surface area (Å²) in [6.07, 6.45) is 5.64. The van der Waals surface area contributed by atoms with Gasteiger partial charge in [-0.2, -0.15) is 0 Å². The smallest absolute Gasteiger partial charge is 0.271 e. The number of thiophene rings is 1. The molecule has 0 radical (unpaired) electrons. The van der Waals surface area contributed by atoms with E-state index in [0.717, 1.165) is 34.6 Å². The third kappa shape index (κ3) is 5.83. The minimum atomic E-state index is -3.58. The predicted molar refractivity (Wildman–Crippen MR) is 125 cm³/mol. The fourth-order valence-corrected chi connectivity index (χ4v) is 5.24. The Labute approximate surface area is 190 Å². The molecule has 4 aromatic rings. The molecule has 0 bridgehead atoms. The van der Waals surface area contributed by atoms with Crippen LogP contribution in [0.3, 0.4) is 0 Å². The van der Waals surface area contributed by atoms with E-state index in [4.69, 9.17) is 0 Å². The quantitative estimate of drug-likeness (QED) is 0.394. The second kappa shape index (κ2) is 9.80. The van der Waals surface area contributed by atoms with Crippen LogP contribution in [0.4, 0.5) is 5.69 Å². The lowest BCUT2D eigenvalue weighted by molar-refractivity contribution is -0.120. The molecule has 4 rings (SSSR count). The van der Waals surface area contributed by atoms with Gasteiger partial charge in [0.05, 0.1) is 12.7 Å². The Balaban J connectivity index is 1.29. The van der Waals surface area contributed by atoms with Gasteiger partial charge in [0.2, 0.25) is 5.91 Å². The van der Waals surface area contributed by atoms with Gasteiger partial charge < -0.3 is 9.88 Å². The molecule has 0 aliphatic rings. The number of imidazole rings is 1. The fraction of sp³-hybridized carbons (Fsp3) is 0.130. The van der Waals surface area contributed by atoms with Gasteiger partial charge in [0.1, 0.15) is 4.21 Å². The Bertz CT molecular complexity index is 1270. The van der Waals surface area contributed by atoms with Crippen LogP contribution in [0.5, 0.6) is 0 Å². The number of rotatable bonds is 9. The summed E-state index contributed by atoms with van der Waals surface area (Å²) in [7, 11) is -3.58. The molecule has 164 valence electrons. The average molecular weight is 467 g/mol. The third-order valence-corrected chi connectivity index (χ3v) is 7.51. The molecule has 0 aliphatic heterocycles. The summed E-state index contributed by atoms with van der Waals surface area (Å²) in [4.78, 5) is 16.4. The van der Waals surface area contributed by atoms with E-state index in [-0.39, 0.29) is 16.5 Å². The van der Waals surface area contributed by atoms with E-state index in [0.29, 0.717) is 12.2 Å². The molecule has 1 amide bonds. The van der Waals surface area contributed by atoms with Crippen molar-refractivity contribution in [3.05, 3.63) is 101 Å². The van der Waals surface area contributed by atoms with Crippen LogP contribution in [0.2, 0.25) is 0 Å². The van der Waals surface area contributed by atoms with Crippen LogP contribution >= 0.6 is 11.3 Å². The van der Waals surface area contributed by atoms with Gasteiger partial charge in [-0.3, -0.25) is 9.52 Å². The Morgan fingerprint density at radius 2 is 1.81 bits per heavy atom. The first-order chi connectivity index (χ1) is 15.5. The Morgan fingerprint density at radius 3 is 2.53 bits per heavy atom. The van der Waals surface area contributed by atoms with Gasteiger partial charge in [0.25, 0.3) is 10.0 Å². The molecule has 2 N–H and O–H groups in total. The molecule has 0 spiro atoms. The first-order valence-corrected chi connectivity index (χ1v) is 12.3. The highest BCUT2D eigenvalue weighted by Gasteiger charge is 2.15. The summed E-state index contributed by atoms with van der Waals surface area (Å²) in [5.74, 6) is -0.100. The first kappa shape index (κ1) is 21.8. The SMILES string of the molecule is O=C(Cc1ccc(NS(=O)(=O)c2cccs2)cc1)NCc1cccc(Cn2ccnc2)c1. The van der Waals surface area contributed by atoms with Gasteiger partial charge in [-0.1, -0.05) is 42.5 Å². The van der Waals surface area contributed by atoms with Gasteiger partial charge in [-0.05, 0) is 40.3 Å². The molecule has 7 nitrogen and oxygen atoms in total. The zero-order valence-corrected chi connectivity index (χ0v) is 18.8. The summed E-state index contributed by atoms with van der Waals surface area (Å²) in [6, 6.07) is 18.1. The van der Waals surface area contributed by atoms with Crippen molar-refractivity contribution in [1.29, 1.82) is 0 Å². The molecule has 9 heteroatoms. The number of nitrogens with one attached hydrogen (secondary N) is 2. The summed E-state index contributed by atoms with van der Waals surface area (Å²) in [6.45, 7) is 1.17. The normalized spacial score (nSPS) is 11.2. The Morgan fingerprint density at radius 1 is 1.00 bits per heavy atom. The standard InChI is InChI=1S/C23H22N4O3S2/c28-22(25-15-19-3-1-4-20(13-19)16-27-11-10-24-17-27)14-18-6-8-21(9-7-18)26-32(29,30)23-5-2-12-31-23/h1-13,17,26H,14-16H2,(H,25,28). The highest BCUT2D eigenvalue weighted by atomic mass is 32.2. The predicted octanol–water partition coefficient (Wildman–Crippen LogP) is 3.65. The van der Waals surface area contributed by atoms with Crippen molar-refractivity contribution in [2.75, 3.05) is 4.72 Å². The van der Waals surface area contributed by atoms with Gasteiger partial charge in [-0.15, -0.1) is 11.3 Å². The Hall–Kier alpha value is -3.43. The molecule has 32 heavy (non-hydrogen) atoms. The molecule has 0 aliphatic carbocycles. The number of anilines is 1. The number of carbonyl (C=O) groups excluding carboxylic acids is 1. The molecule has 0 atom stereocenters. The lowest BCUT2D eigenvalue weighted by Crippen LogP contribution is -2.24. The van der Waals surface area contributed by atoms with Crippen molar-refractivity contribution in [2.45, 2.75) is 23.7 Å². The van der Waals surface area contributed by atoms with E-state index in [1.165, 1.54) is 0 Å². The summed E-state index contributed by atoms with van der Waals surface area (Å²) < 4.78 is 29.4. The maximum absolute atomic E-state index is 12.4. The minimum absolute atomic E-state index is 0.100. The van der Waals surface area contributed by atoms with Crippen molar-refractivity contribution in [2.24, 2.45) is 0 Å². The number of amides is 1. The second-order valence-electron chi connectivity index (χ2n) is 7.24. The Kier molecular flexibility index (Phi) is 6.67. The highest BCUT2D eigenvalue weighted by molar-refractivity contribution is 7.94. The number of hydrogen-bond acceptors (Lipinski definition) is 5. The molecule has 0 unspecified atom stereocenters. The van der Waals surface area contributed by atoms with Crippen molar-refractivity contribution < 1.29 is 13.2 Å². The lowest BCUT2D eigenvalue weighted by Gasteiger charge is -2.09. The zero-order valence-electron chi connectivity index (χ0n) is 17.1. The number of aromatic nitrogens is 2. The van der Waals surface area contributed by atoms with Crippen LogP contribution in [-0.2, 0) is 34.3 Å². The third-order valence-electron chi connectivity index (χ3n) is 4.74. The number of carbonyl (C=O) groups is 1. The topological polar surface area (TPSA) is 93.1 Å². The molecular weight excluding hydrogens is 444 g/mol. The van der Waals surface area contributed by atoms with Gasteiger partial charge in [0.15, 0.2) is 0 Å². The number of sulfonamides is 1. The second-order valence-corrected chi connectivity index (χ2v) is 10.1. The number of nitrogens with zero attached hydrogens (tertiary/aromatic N) is 2. The zero-order chi connectivity index (χ0) is 22.4. The molecule has 0 fully saturated rings. The van der Waals surface area contributed by atoms with E-state index in [1.807, 2.05) is 29.0 Å². The van der Waals surface area contributed by atoms with Crippen LogP contribution in [0.25, 0.3) is 0 Å². The van der Waals surface area contributed by atoms with Gasteiger partial charge >= 0.3 is 0 Å². The number of hydrogen-bond donors (Lipinski definition) is 2. The minimum Gasteiger partial charge on any atom is -0.352 e. The van der Waals surface area contributed by atoms with Crippen LogP contribution in [-0.4, -0.2) is 23.9 Å². The molecule has 2 aromatic heterocycles. The largest absolute Gasteiger partial charge is 0.352 e. The van der Waals surface area contributed by atoms with E-state index in [9.17, 15) is 13.2 Å². The van der Waals surface area contributed by atoms with Crippen molar-refractivity contribution in [1.82, 2.24) is 14.9 Å². The molecule has 2 aromatic carbocycles. The van der Waals surface area contributed by atoms with Crippen molar-refractivity contribution in [3.8, 4) is 0 Å². The van der Waals surface area contributed by atoms with Crippen LogP contribution in [0, 0.1) is 0 Å². The monoisotopic (exact) mass is 466 g/mol. The highest BCUT2D eigenvalue weighted by Crippen LogP contribution is 2.20. The van der Waals surface area contributed by atoms with E-state index in [2.05, 4.69) is 21.1 Å². The first-order valence-electron chi connectivity index (χ1n) is 9.93. The summed E-state index contributed by atoms with van der Waals surface area (Å²) in [5, 5.41) is 4.65. The maximum atomic E-state index is 12.4. The number of benzene rings is 2. The van der Waals surface area contributed by atoms with E-state index in [1.54, 1.807) is 54.3 Å². The molecule has 0 saturated heterocycles. The van der Waals surface area contributed by atoms with Crippen molar-refractivity contribution in [3.63, 3.8) is 0 Å².